The second-order valence-corrected chi connectivity index (χ2v) is 9.50. The first-order chi connectivity index (χ1) is 18.6. The van der Waals surface area contributed by atoms with Gasteiger partial charge in [-0.2, -0.15) is 0 Å². The van der Waals surface area contributed by atoms with Crippen molar-refractivity contribution in [3.63, 3.8) is 0 Å². The number of nitrogens with zero attached hydrogens (tertiary/aromatic N) is 4. The fourth-order valence-corrected chi connectivity index (χ4v) is 4.90. The van der Waals surface area contributed by atoms with E-state index < -0.39 is 0 Å². The third-order valence-electron chi connectivity index (χ3n) is 6.77. The van der Waals surface area contributed by atoms with E-state index in [9.17, 15) is 0 Å². The zero-order valence-corrected chi connectivity index (χ0v) is 21.9. The van der Waals surface area contributed by atoms with Crippen LogP contribution in [0.4, 0.5) is 23.3 Å². The smallest absolute Gasteiger partial charge is 0.201 e. The molecule has 0 bridgehead atoms. The lowest BCUT2D eigenvalue weighted by Crippen LogP contribution is -2.27. The second kappa shape index (κ2) is 10.0. The highest BCUT2D eigenvalue weighted by Gasteiger charge is 2.21. The normalized spacial score (nSPS) is 13.1. The van der Waals surface area contributed by atoms with Crippen LogP contribution in [0.15, 0.2) is 66.7 Å². The van der Waals surface area contributed by atoms with E-state index in [1.165, 1.54) is 0 Å². The summed E-state index contributed by atoms with van der Waals surface area (Å²) in [5, 5.41) is 6.71. The van der Waals surface area contributed by atoms with Gasteiger partial charge in [0.25, 0.3) is 0 Å². The summed E-state index contributed by atoms with van der Waals surface area (Å²) in [6, 6.07) is 22.9. The number of H-pyrrole nitrogens is 1. The number of aromatic nitrogens is 4. The number of ether oxygens (including phenoxy) is 1. The van der Waals surface area contributed by atoms with Crippen LogP contribution in [0.5, 0.6) is 5.75 Å². The van der Waals surface area contributed by atoms with Crippen LogP contribution in [0, 0.1) is 13.8 Å². The SMILES string of the molecule is CCNc1nc2ccc(-c3ccc4c(c3)CN(c3nc(C)nc(Nc5ccccc5)c3C)CCO4)cc2[nH]1. The summed E-state index contributed by atoms with van der Waals surface area (Å²) in [7, 11) is 0. The van der Waals surface area contributed by atoms with Crippen molar-refractivity contribution in [2.45, 2.75) is 27.3 Å². The molecule has 0 spiro atoms. The van der Waals surface area contributed by atoms with Crippen LogP contribution in [-0.4, -0.2) is 39.6 Å². The number of hydrogen-bond acceptors (Lipinski definition) is 7. The van der Waals surface area contributed by atoms with Crippen molar-refractivity contribution in [2.24, 2.45) is 0 Å². The van der Waals surface area contributed by atoms with E-state index >= 15 is 0 Å². The van der Waals surface area contributed by atoms with Crippen LogP contribution in [0.3, 0.4) is 0 Å². The van der Waals surface area contributed by atoms with Gasteiger partial charge in [0, 0.05) is 29.9 Å². The summed E-state index contributed by atoms with van der Waals surface area (Å²) in [6.07, 6.45) is 0. The van der Waals surface area contributed by atoms with Gasteiger partial charge in [0.05, 0.1) is 17.6 Å². The first kappa shape index (κ1) is 23.8. The number of imidazole rings is 1. The molecule has 3 N–H and O–H groups in total. The van der Waals surface area contributed by atoms with E-state index in [4.69, 9.17) is 14.7 Å². The lowest BCUT2D eigenvalue weighted by molar-refractivity contribution is 0.331. The Balaban J connectivity index is 1.31. The Labute approximate surface area is 222 Å². The van der Waals surface area contributed by atoms with Gasteiger partial charge in [0.2, 0.25) is 5.95 Å². The van der Waals surface area contributed by atoms with Crippen LogP contribution >= 0.6 is 0 Å². The highest BCUT2D eigenvalue weighted by molar-refractivity contribution is 5.84. The van der Waals surface area contributed by atoms with Gasteiger partial charge in [0.1, 0.15) is 29.8 Å². The molecule has 5 aromatic rings. The average molecular weight is 506 g/mol. The summed E-state index contributed by atoms with van der Waals surface area (Å²) in [6.45, 7) is 8.91. The molecule has 0 aliphatic carbocycles. The number of anilines is 4. The minimum Gasteiger partial charge on any atom is -0.491 e. The Bertz CT molecular complexity index is 1600. The highest BCUT2D eigenvalue weighted by atomic mass is 16.5. The average Bonchev–Trinajstić information content (AvgIpc) is 3.20. The quantitative estimate of drug-likeness (QED) is 0.253. The van der Waals surface area contributed by atoms with Gasteiger partial charge in [-0.05, 0) is 68.3 Å². The third kappa shape index (κ3) is 4.72. The van der Waals surface area contributed by atoms with Crippen molar-refractivity contribution in [1.29, 1.82) is 0 Å². The van der Waals surface area contributed by atoms with E-state index in [1.54, 1.807) is 0 Å². The maximum absolute atomic E-state index is 6.16. The number of nitrogens with one attached hydrogen (secondary N) is 3. The fourth-order valence-electron chi connectivity index (χ4n) is 4.90. The minimum atomic E-state index is 0.587. The second-order valence-electron chi connectivity index (χ2n) is 9.50. The third-order valence-corrected chi connectivity index (χ3v) is 6.77. The fraction of sp³-hybridized carbons (Fsp3) is 0.233. The number of para-hydroxylation sites is 1. The van der Waals surface area contributed by atoms with Crippen molar-refractivity contribution >= 4 is 34.3 Å². The molecule has 0 amide bonds. The molecule has 0 fully saturated rings. The molecule has 0 atom stereocenters. The maximum atomic E-state index is 6.16. The monoisotopic (exact) mass is 505 g/mol. The zero-order chi connectivity index (χ0) is 26.1. The molecular weight excluding hydrogens is 474 g/mol. The number of aromatic amines is 1. The predicted octanol–water partition coefficient (Wildman–Crippen LogP) is 6.21. The Morgan fingerprint density at radius 2 is 1.76 bits per heavy atom. The van der Waals surface area contributed by atoms with Gasteiger partial charge in [0.15, 0.2) is 0 Å². The number of benzene rings is 3. The summed E-state index contributed by atoms with van der Waals surface area (Å²) >= 11 is 0. The molecule has 2 aromatic heterocycles. The standard InChI is InChI=1S/C30H31N7O/c1-4-31-30-35-25-12-10-22(17-26(25)36-30)21-11-13-27-23(16-21)18-37(14-15-38-27)29-19(2)28(32-20(3)33-29)34-24-8-6-5-7-9-24/h5-13,16-17H,4,14-15,18H2,1-3H3,(H2,31,35,36)(H,32,33,34). The van der Waals surface area contributed by atoms with E-state index in [2.05, 4.69) is 75.7 Å². The van der Waals surface area contributed by atoms with Crippen molar-refractivity contribution in [3.8, 4) is 16.9 Å². The van der Waals surface area contributed by atoms with E-state index in [1.807, 2.05) is 37.3 Å². The molecule has 192 valence electrons. The number of rotatable bonds is 6. The first-order valence-corrected chi connectivity index (χ1v) is 13.0. The van der Waals surface area contributed by atoms with Gasteiger partial charge in [-0.3, -0.25) is 0 Å². The largest absolute Gasteiger partial charge is 0.491 e. The molecule has 8 nitrogen and oxygen atoms in total. The topological polar surface area (TPSA) is 91.0 Å². The van der Waals surface area contributed by atoms with Crippen molar-refractivity contribution in [3.05, 3.63) is 83.7 Å². The van der Waals surface area contributed by atoms with Gasteiger partial charge in [-0.1, -0.05) is 30.3 Å². The lowest BCUT2D eigenvalue weighted by Gasteiger charge is -2.24. The zero-order valence-electron chi connectivity index (χ0n) is 21.9. The number of aryl methyl sites for hydroxylation is 1. The van der Waals surface area contributed by atoms with E-state index in [-0.39, 0.29) is 0 Å². The molecule has 6 rings (SSSR count). The molecule has 0 unspecified atom stereocenters. The molecule has 3 heterocycles. The Morgan fingerprint density at radius 1 is 0.947 bits per heavy atom. The van der Waals surface area contributed by atoms with E-state index in [0.29, 0.717) is 13.2 Å². The molecule has 38 heavy (non-hydrogen) atoms. The Hall–Kier alpha value is -4.59. The minimum absolute atomic E-state index is 0.587. The van der Waals surface area contributed by atoms with E-state index in [0.717, 1.165) is 81.2 Å². The van der Waals surface area contributed by atoms with Crippen LogP contribution in [0.2, 0.25) is 0 Å². The Kier molecular flexibility index (Phi) is 6.29. The highest BCUT2D eigenvalue weighted by Crippen LogP contribution is 2.34. The number of fused-ring (bicyclic) bond motifs is 2. The van der Waals surface area contributed by atoms with Crippen LogP contribution in [0.1, 0.15) is 23.9 Å². The van der Waals surface area contributed by atoms with Crippen molar-refractivity contribution < 1.29 is 4.74 Å². The molecular formula is C30H31N7O. The molecule has 0 saturated heterocycles. The van der Waals surface area contributed by atoms with Crippen molar-refractivity contribution in [1.82, 2.24) is 19.9 Å². The van der Waals surface area contributed by atoms with Gasteiger partial charge < -0.3 is 25.3 Å². The lowest BCUT2D eigenvalue weighted by atomic mass is 10.0. The van der Waals surface area contributed by atoms with Gasteiger partial charge in [-0.15, -0.1) is 0 Å². The number of hydrogen-bond donors (Lipinski definition) is 3. The summed E-state index contributed by atoms with van der Waals surface area (Å²) in [5.41, 5.74) is 7.37. The first-order valence-electron chi connectivity index (χ1n) is 13.0. The molecule has 0 radical (unpaired) electrons. The van der Waals surface area contributed by atoms with Crippen LogP contribution in [0.25, 0.3) is 22.2 Å². The molecule has 1 aliphatic rings. The van der Waals surface area contributed by atoms with Gasteiger partial charge in [-0.25, -0.2) is 15.0 Å². The summed E-state index contributed by atoms with van der Waals surface area (Å²) < 4.78 is 6.16. The molecule has 8 heteroatoms. The maximum Gasteiger partial charge on any atom is 0.201 e. The van der Waals surface area contributed by atoms with Gasteiger partial charge >= 0.3 is 0 Å². The molecule has 0 saturated carbocycles. The summed E-state index contributed by atoms with van der Waals surface area (Å²) in [5.74, 6) is 4.19. The molecule has 3 aromatic carbocycles. The van der Waals surface area contributed by atoms with Crippen molar-refractivity contribution in [2.75, 3.05) is 35.2 Å². The van der Waals surface area contributed by atoms with Crippen LogP contribution in [-0.2, 0) is 6.54 Å². The predicted molar refractivity (Wildman–Crippen MR) is 153 cm³/mol. The Morgan fingerprint density at radius 3 is 2.61 bits per heavy atom. The summed E-state index contributed by atoms with van der Waals surface area (Å²) in [4.78, 5) is 19.8. The molecule has 1 aliphatic heterocycles. The van der Waals surface area contributed by atoms with Crippen LogP contribution < -0.4 is 20.3 Å².